The minimum atomic E-state index is -0.117. The van der Waals surface area contributed by atoms with Crippen LogP contribution in [0.2, 0.25) is 0 Å². The molecule has 0 aliphatic carbocycles. The summed E-state index contributed by atoms with van der Waals surface area (Å²) >= 11 is 0. The summed E-state index contributed by atoms with van der Waals surface area (Å²) < 4.78 is 3.55. The van der Waals surface area contributed by atoms with Gasteiger partial charge >= 0.3 is 0 Å². The van der Waals surface area contributed by atoms with E-state index in [2.05, 4.69) is 21.6 Å². The van der Waals surface area contributed by atoms with Crippen molar-refractivity contribution in [3.05, 3.63) is 52.6 Å². The Bertz CT molecular complexity index is 835. The van der Waals surface area contributed by atoms with Gasteiger partial charge in [-0.25, -0.2) is 0 Å². The quantitative estimate of drug-likeness (QED) is 0.773. The second-order valence-electron chi connectivity index (χ2n) is 5.12. The summed E-state index contributed by atoms with van der Waals surface area (Å²) in [7, 11) is 0. The number of hydrogen-bond acceptors (Lipinski definition) is 4. The molecule has 0 bridgehead atoms. The highest BCUT2D eigenvalue weighted by atomic mass is 16.1. The summed E-state index contributed by atoms with van der Waals surface area (Å²) in [5.74, 6) is 0. The highest BCUT2D eigenvalue weighted by Crippen LogP contribution is 2.17. The lowest BCUT2D eigenvalue weighted by molar-refractivity contribution is 0.669. The monoisotopic (exact) mass is 297 g/mol. The highest BCUT2D eigenvalue weighted by Gasteiger charge is 2.12. The third-order valence-corrected chi connectivity index (χ3v) is 3.69. The number of hydrogen-bond donors (Lipinski definition) is 1. The molecule has 3 rings (SSSR count). The van der Waals surface area contributed by atoms with Crippen LogP contribution in [0.4, 0.5) is 0 Å². The van der Waals surface area contributed by atoms with Gasteiger partial charge in [0.2, 0.25) is 0 Å². The molecule has 0 saturated carbocycles. The van der Waals surface area contributed by atoms with Crippen LogP contribution in [0.25, 0.3) is 17.0 Å². The first kappa shape index (κ1) is 14.5. The maximum Gasteiger partial charge on any atom is 0.274 e. The largest absolute Gasteiger partial charge is 0.330 e. The number of nitrogens with two attached hydrogens (primary N) is 1. The minimum Gasteiger partial charge on any atom is -0.330 e. The SMILES string of the molecule is CCn1c(CCCN)cc(=O)n2nc(-c3ccccn3)cc12. The Balaban J connectivity index is 2.18. The van der Waals surface area contributed by atoms with Gasteiger partial charge < -0.3 is 10.3 Å². The fourth-order valence-corrected chi connectivity index (χ4v) is 2.65. The van der Waals surface area contributed by atoms with Crippen molar-refractivity contribution >= 4 is 5.65 Å². The molecule has 3 heterocycles. The zero-order chi connectivity index (χ0) is 15.5. The maximum atomic E-state index is 12.3. The van der Waals surface area contributed by atoms with Crippen molar-refractivity contribution in [3.8, 4) is 11.4 Å². The minimum absolute atomic E-state index is 0.117. The Labute approximate surface area is 128 Å². The number of rotatable bonds is 5. The number of aryl methyl sites for hydroxylation is 2. The smallest absolute Gasteiger partial charge is 0.274 e. The predicted octanol–water partition coefficient (Wildman–Crippen LogP) is 1.47. The third kappa shape index (κ3) is 2.53. The normalized spacial score (nSPS) is 11.2. The molecule has 3 aromatic heterocycles. The van der Waals surface area contributed by atoms with E-state index in [1.807, 2.05) is 24.3 Å². The molecule has 0 aliphatic rings. The van der Waals surface area contributed by atoms with Gasteiger partial charge in [0.15, 0.2) is 0 Å². The summed E-state index contributed by atoms with van der Waals surface area (Å²) in [6.45, 7) is 3.45. The van der Waals surface area contributed by atoms with E-state index in [1.54, 1.807) is 12.3 Å². The van der Waals surface area contributed by atoms with Crippen molar-refractivity contribution in [2.24, 2.45) is 5.73 Å². The van der Waals surface area contributed by atoms with E-state index in [0.29, 0.717) is 12.2 Å². The first-order valence-corrected chi connectivity index (χ1v) is 7.48. The van der Waals surface area contributed by atoms with E-state index in [0.717, 1.165) is 36.4 Å². The summed E-state index contributed by atoms with van der Waals surface area (Å²) in [5.41, 5.74) is 8.73. The van der Waals surface area contributed by atoms with Crippen molar-refractivity contribution in [2.75, 3.05) is 6.54 Å². The van der Waals surface area contributed by atoms with Gasteiger partial charge in [-0.05, 0) is 38.4 Å². The molecule has 0 atom stereocenters. The molecule has 0 spiro atoms. The van der Waals surface area contributed by atoms with Crippen LogP contribution in [0.5, 0.6) is 0 Å². The molecule has 0 unspecified atom stereocenters. The van der Waals surface area contributed by atoms with Gasteiger partial charge in [-0.15, -0.1) is 0 Å². The Morgan fingerprint density at radius 3 is 2.77 bits per heavy atom. The van der Waals surface area contributed by atoms with Crippen molar-refractivity contribution in [2.45, 2.75) is 26.3 Å². The third-order valence-electron chi connectivity index (χ3n) is 3.69. The fraction of sp³-hybridized carbons (Fsp3) is 0.312. The van der Waals surface area contributed by atoms with Crippen LogP contribution >= 0.6 is 0 Å². The van der Waals surface area contributed by atoms with Crippen LogP contribution in [0.1, 0.15) is 19.0 Å². The van der Waals surface area contributed by atoms with Crippen LogP contribution < -0.4 is 11.3 Å². The van der Waals surface area contributed by atoms with E-state index in [1.165, 1.54) is 4.52 Å². The van der Waals surface area contributed by atoms with E-state index < -0.39 is 0 Å². The highest BCUT2D eigenvalue weighted by molar-refractivity contribution is 5.60. The summed E-state index contributed by atoms with van der Waals surface area (Å²) in [4.78, 5) is 16.6. The maximum absolute atomic E-state index is 12.3. The van der Waals surface area contributed by atoms with Crippen LogP contribution in [-0.2, 0) is 13.0 Å². The van der Waals surface area contributed by atoms with Crippen LogP contribution in [0, 0.1) is 0 Å². The number of fused-ring (bicyclic) bond motifs is 1. The Morgan fingerprint density at radius 1 is 1.23 bits per heavy atom. The molecule has 0 amide bonds. The average Bonchev–Trinajstić information content (AvgIpc) is 2.99. The first-order valence-electron chi connectivity index (χ1n) is 7.48. The molecular formula is C16H19N5O. The van der Waals surface area contributed by atoms with Gasteiger partial charge in [0.25, 0.3) is 5.56 Å². The molecule has 3 aromatic rings. The van der Waals surface area contributed by atoms with Crippen molar-refractivity contribution in [1.82, 2.24) is 19.2 Å². The molecule has 0 radical (unpaired) electrons. The van der Waals surface area contributed by atoms with E-state index in [4.69, 9.17) is 5.73 Å². The van der Waals surface area contributed by atoms with E-state index >= 15 is 0 Å². The van der Waals surface area contributed by atoms with Crippen LogP contribution in [0.15, 0.2) is 41.3 Å². The lowest BCUT2D eigenvalue weighted by Crippen LogP contribution is -2.21. The standard InChI is InChI=1S/C16H19N5O/c1-2-20-12(6-5-8-17)10-16(22)21-15(20)11-14(19-21)13-7-3-4-9-18-13/h3-4,7,9-11H,2,5-6,8,17H2,1H3. The van der Waals surface area contributed by atoms with Gasteiger partial charge in [0.05, 0.1) is 5.69 Å². The molecule has 2 N–H and O–H groups in total. The molecule has 0 saturated heterocycles. The van der Waals surface area contributed by atoms with E-state index in [9.17, 15) is 4.79 Å². The fourth-order valence-electron chi connectivity index (χ4n) is 2.65. The second kappa shape index (κ2) is 6.11. The first-order chi connectivity index (χ1) is 10.7. The van der Waals surface area contributed by atoms with Crippen LogP contribution in [0.3, 0.4) is 0 Å². The molecule has 22 heavy (non-hydrogen) atoms. The molecule has 0 fully saturated rings. The number of nitrogens with zero attached hydrogens (tertiary/aromatic N) is 4. The van der Waals surface area contributed by atoms with Gasteiger partial charge in [-0.1, -0.05) is 6.07 Å². The van der Waals surface area contributed by atoms with Crippen molar-refractivity contribution < 1.29 is 0 Å². The van der Waals surface area contributed by atoms with Crippen molar-refractivity contribution in [3.63, 3.8) is 0 Å². The topological polar surface area (TPSA) is 78.2 Å². The van der Waals surface area contributed by atoms with E-state index in [-0.39, 0.29) is 5.56 Å². The molecule has 0 aliphatic heterocycles. The molecule has 0 aromatic carbocycles. The zero-order valence-corrected chi connectivity index (χ0v) is 12.6. The lowest BCUT2D eigenvalue weighted by atomic mass is 10.2. The molecule has 6 nitrogen and oxygen atoms in total. The van der Waals surface area contributed by atoms with Gasteiger partial charge in [-0.2, -0.15) is 9.61 Å². The van der Waals surface area contributed by atoms with Crippen LogP contribution in [-0.4, -0.2) is 25.7 Å². The molecule has 114 valence electrons. The Hall–Kier alpha value is -2.47. The summed E-state index contributed by atoms with van der Waals surface area (Å²) in [6, 6.07) is 9.22. The summed E-state index contributed by atoms with van der Waals surface area (Å²) in [5, 5.41) is 4.41. The number of aromatic nitrogens is 4. The second-order valence-corrected chi connectivity index (χ2v) is 5.12. The lowest BCUT2D eigenvalue weighted by Gasteiger charge is -2.12. The van der Waals surface area contributed by atoms with Gasteiger partial charge in [0, 0.05) is 30.6 Å². The Morgan fingerprint density at radius 2 is 2.09 bits per heavy atom. The molecule has 6 heteroatoms. The predicted molar refractivity (Wildman–Crippen MR) is 85.7 cm³/mol. The zero-order valence-electron chi connectivity index (χ0n) is 12.6. The van der Waals surface area contributed by atoms with Gasteiger partial charge in [-0.3, -0.25) is 9.78 Å². The summed E-state index contributed by atoms with van der Waals surface area (Å²) in [6.07, 6.45) is 3.37. The van der Waals surface area contributed by atoms with Crippen molar-refractivity contribution in [1.29, 1.82) is 0 Å². The number of pyridine rings is 1. The Kier molecular flexibility index (Phi) is 4.02. The molecular weight excluding hydrogens is 278 g/mol. The van der Waals surface area contributed by atoms with Gasteiger partial charge in [0.1, 0.15) is 11.3 Å². The average molecular weight is 297 g/mol.